The molecule has 0 saturated heterocycles. The molecule has 1 aromatic heterocycles. The third kappa shape index (κ3) is 1.58. The van der Waals surface area contributed by atoms with Gasteiger partial charge in [0.1, 0.15) is 0 Å². The number of aryl methyl sites for hydroxylation is 1. The predicted molar refractivity (Wildman–Crippen MR) is 42.1 cm³/mol. The summed E-state index contributed by atoms with van der Waals surface area (Å²) < 4.78 is 1.73. The van der Waals surface area contributed by atoms with Crippen molar-refractivity contribution in [1.29, 1.82) is 0 Å². The van der Waals surface area contributed by atoms with E-state index in [4.69, 9.17) is 10.8 Å². The quantitative estimate of drug-likeness (QED) is 0.616. The Morgan fingerprint density at radius 1 is 1.82 bits per heavy atom. The van der Waals surface area contributed by atoms with E-state index in [1.165, 1.54) is 0 Å². The van der Waals surface area contributed by atoms with Crippen LogP contribution in [0.1, 0.15) is 11.6 Å². The van der Waals surface area contributed by atoms with Crippen LogP contribution in [-0.2, 0) is 7.05 Å². The van der Waals surface area contributed by atoms with E-state index >= 15 is 0 Å². The minimum absolute atomic E-state index is 0.0162. The lowest BCUT2D eigenvalue weighted by atomic mass is 10.1. The maximum Gasteiger partial charge on any atom is 0.0526 e. The van der Waals surface area contributed by atoms with Gasteiger partial charge in [-0.1, -0.05) is 0 Å². The van der Waals surface area contributed by atoms with Crippen LogP contribution in [0.25, 0.3) is 0 Å². The molecule has 0 aromatic carbocycles. The van der Waals surface area contributed by atoms with Crippen molar-refractivity contribution in [1.82, 2.24) is 9.78 Å². The van der Waals surface area contributed by atoms with Gasteiger partial charge in [-0.05, 0) is 6.07 Å². The summed E-state index contributed by atoms with van der Waals surface area (Å²) in [6, 6.07) is 1.87. The molecule has 62 valence electrons. The highest BCUT2D eigenvalue weighted by Gasteiger charge is 2.10. The van der Waals surface area contributed by atoms with E-state index in [0.29, 0.717) is 6.54 Å². The van der Waals surface area contributed by atoms with Gasteiger partial charge in [-0.15, -0.1) is 0 Å². The summed E-state index contributed by atoms with van der Waals surface area (Å²) in [6.07, 6.45) is 1.70. The summed E-state index contributed by atoms with van der Waals surface area (Å²) >= 11 is 0. The first-order valence-corrected chi connectivity index (χ1v) is 3.58. The minimum Gasteiger partial charge on any atom is -0.396 e. The molecule has 0 saturated carbocycles. The van der Waals surface area contributed by atoms with E-state index in [0.717, 1.165) is 5.69 Å². The van der Waals surface area contributed by atoms with E-state index in [1.807, 2.05) is 13.1 Å². The van der Waals surface area contributed by atoms with Crippen LogP contribution >= 0.6 is 0 Å². The van der Waals surface area contributed by atoms with Gasteiger partial charge in [0.2, 0.25) is 0 Å². The smallest absolute Gasteiger partial charge is 0.0526 e. The van der Waals surface area contributed by atoms with Crippen molar-refractivity contribution in [3.05, 3.63) is 18.0 Å². The van der Waals surface area contributed by atoms with Gasteiger partial charge in [-0.25, -0.2) is 0 Å². The summed E-state index contributed by atoms with van der Waals surface area (Å²) in [5.74, 6) is 0.0162. The van der Waals surface area contributed by atoms with E-state index in [-0.39, 0.29) is 12.5 Å². The number of aliphatic hydroxyl groups excluding tert-OH is 1. The molecule has 4 nitrogen and oxygen atoms in total. The average molecular weight is 155 g/mol. The molecule has 0 bridgehead atoms. The van der Waals surface area contributed by atoms with E-state index in [1.54, 1.807) is 10.9 Å². The van der Waals surface area contributed by atoms with Crippen LogP contribution in [0.3, 0.4) is 0 Å². The molecule has 1 unspecified atom stereocenters. The summed E-state index contributed by atoms with van der Waals surface area (Å²) in [5.41, 5.74) is 6.42. The maximum atomic E-state index is 8.90. The highest BCUT2D eigenvalue weighted by atomic mass is 16.3. The molecule has 0 radical (unpaired) electrons. The van der Waals surface area contributed by atoms with Crippen LogP contribution in [-0.4, -0.2) is 28.0 Å². The fourth-order valence-electron chi connectivity index (χ4n) is 1.07. The zero-order chi connectivity index (χ0) is 8.27. The van der Waals surface area contributed by atoms with Crippen molar-refractivity contribution < 1.29 is 5.11 Å². The summed E-state index contributed by atoms with van der Waals surface area (Å²) in [6.45, 7) is 0.534. The van der Waals surface area contributed by atoms with Crippen molar-refractivity contribution in [2.75, 3.05) is 13.2 Å². The van der Waals surface area contributed by atoms with Gasteiger partial charge in [0.25, 0.3) is 0 Å². The van der Waals surface area contributed by atoms with Crippen LogP contribution in [0, 0.1) is 0 Å². The molecule has 1 atom stereocenters. The molecule has 1 rings (SSSR count). The van der Waals surface area contributed by atoms with Crippen molar-refractivity contribution in [3.63, 3.8) is 0 Å². The van der Waals surface area contributed by atoms with E-state index in [2.05, 4.69) is 5.10 Å². The number of rotatable bonds is 3. The minimum atomic E-state index is 0.0162. The molecule has 3 N–H and O–H groups in total. The number of nitrogens with zero attached hydrogens (tertiary/aromatic N) is 2. The maximum absolute atomic E-state index is 8.90. The van der Waals surface area contributed by atoms with Gasteiger partial charge in [-0.3, -0.25) is 4.68 Å². The lowest BCUT2D eigenvalue weighted by Crippen LogP contribution is -2.18. The second kappa shape index (κ2) is 3.50. The van der Waals surface area contributed by atoms with Crippen molar-refractivity contribution in [2.24, 2.45) is 12.8 Å². The van der Waals surface area contributed by atoms with Gasteiger partial charge in [-0.2, -0.15) is 5.10 Å². The normalized spacial score (nSPS) is 13.4. The number of hydrogen-bond acceptors (Lipinski definition) is 3. The molecule has 1 aromatic rings. The first-order valence-electron chi connectivity index (χ1n) is 3.58. The highest BCUT2D eigenvalue weighted by molar-refractivity contribution is 5.07. The van der Waals surface area contributed by atoms with Gasteiger partial charge in [0, 0.05) is 31.4 Å². The summed E-state index contributed by atoms with van der Waals surface area (Å²) in [5, 5.41) is 12.9. The first-order chi connectivity index (χ1) is 5.29. The fraction of sp³-hybridized carbons (Fsp3) is 0.571. The zero-order valence-electron chi connectivity index (χ0n) is 6.57. The molecule has 0 aliphatic heterocycles. The second-order valence-corrected chi connectivity index (χ2v) is 2.49. The molecule has 0 aliphatic carbocycles. The third-order valence-corrected chi connectivity index (χ3v) is 1.78. The first kappa shape index (κ1) is 8.23. The number of aliphatic hydroxyl groups is 1. The Balaban J connectivity index is 2.81. The Morgan fingerprint density at radius 2 is 2.55 bits per heavy atom. The molecule has 0 spiro atoms. The van der Waals surface area contributed by atoms with E-state index in [9.17, 15) is 0 Å². The molecule has 0 amide bonds. The zero-order valence-corrected chi connectivity index (χ0v) is 6.57. The van der Waals surface area contributed by atoms with Gasteiger partial charge < -0.3 is 10.8 Å². The third-order valence-electron chi connectivity index (χ3n) is 1.78. The number of nitrogens with two attached hydrogens (primary N) is 1. The Labute approximate surface area is 65.6 Å². The lowest BCUT2D eigenvalue weighted by molar-refractivity contribution is 0.263. The Hall–Kier alpha value is -0.870. The van der Waals surface area contributed by atoms with Crippen LogP contribution in [0.5, 0.6) is 0 Å². The number of aromatic nitrogens is 2. The summed E-state index contributed by atoms with van der Waals surface area (Å²) in [7, 11) is 1.84. The fourth-order valence-corrected chi connectivity index (χ4v) is 1.07. The molecule has 1 heterocycles. The number of hydrogen-bond donors (Lipinski definition) is 2. The summed E-state index contributed by atoms with van der Waals surface area (Å²) in [4.78, 5) is 0. The molecular weight excluding hydrogens is 142 g/mol. The van der Waals surface area contributed by atoms with Crippen LogP contribution < -0.4 is 5.73 Å². The highest BCUT2D eigenvalue weighted by Crippen LogP contribution is 2.11. The topological polar surface area (TPSA) is 64.1 Å². The SMILES string of the molecule is Cn1nccc1C(CN)CO. The molecule has 0 fully saturated rings. The van der Waals surface area contributed by atoms with Gasteiger partial charge in [0.15, 0.2) is 0 Å². The Morgan fingerprint density at radius 3 is 2.91 bits per heavy atom. The standard InChI is InChI=1S/C7H13N3O/c1-10-7(2-3-9-10)6(4-8)5-11/h2-3,6,11H,4-5,8H2,1H3. The van der Waals surface area contributed by atoms with Crippen LogP contribution in [0.15, 0.2) is 12.3 Å². The monoisotopic (exact) mass is 155 g/mol. The van der Waals surface area contributed by atoms with Crippen molar-refractivity contribution in [2.45, 2.75) is 5.92 Å². The van der Waals surface area contributed by atoms with Crippen molar-refractivity contribution in [3.8, 4) is 0 Å². The Bertz CT molecular complexity index is 217. The molecule has 11 heavy (non-hydrogen) atoms. The Kier molecular flexibility index (Phi) is 2.62. The van der Waals surface area contributed by atoms with Crippen LogP contribution in [0.4, 0.5) is 0 Å². The van der Waals surface area contributed by atoms with E-state index < -0.39 is 0 Å². The second-order valence-electron chi connectivity index (χ2n) is 2.49. The predicted octanol–water partition coefficient (Wildman–Crippen LogP) is -0.545. The van der Waals surface area contributed by atoms with Crippen LogP contribution in [0.2, 0.25) is 0 Å². The van der Waals surface area contributed by atoms with Gasteiger partial charge in [0.05, 0.1) is 6.61 Å². The molecular formula is C7H13N3O. The largest absolute Gasteiger partial charge is 0.396 e. The molecule has 4 heteroatoms. The average Bonchev–Trinajstić information content (AvgIpc) is 2.40. The van der Waals surface area contributed by atoms with Gasteiger partial charge >= 0.3 is 0 Å². The van der Waals surface area contributed by atoms with Crippen molar-refractivity contribution >= 4 is 0 Å². The molecule has 0 aliphatic rings. The lowest BCUT2D eigenvalue weighted by Gasteiger charge is -2.10.